The third kappa shape index (κ3) is 5.49. The third-order valence-corrected chi connectivity index (χ3v) is 5.70. The second-order valence-corrected chi connectivity index (χ2v) is 8.62. The molecular formula is C29H28N2O4. The van der Waals surface area contributed by atoms with Crippen molar-refractivity contribution in [3.63, 3.8) is 0 Å². The van der Waals surface area contributed by atoms with Gasteiger partial charge in [-0.15, -0.1) is 0 Å². The SMILES string of the molecule is C=CCOc1ccc2c(c1)c(-c1ccc(C(C)C)cc1)nc(=O)n2Cc1ccc(OC(C)=O)cc1. The molecule has 0 bridgehead atoms. The van der Waals surface area contributed by atoms with Crippen LogP contribution in [0.4, 0.5) is 0 Å². The molecule has 0 fully saturated rings. The summed E-state index contributed by atoms with van der Waals surface area (Å²) < 4.78 is 12.5. The zero-order valence-electron chi connectivity index (χ0n) is 20.2. The molecule has 1 heterocycles. The molecule has 4 rings (SSSR count). The summed E-state index contributed by atoms with van der Waals surface area (Å²) >= 11 is 0. The molecule has 178 valence electrons. The van der Waals surface area contributed by atoms with Crippen LogP contribution < -0.4 is 15.2 Å². The fraction of sp³-hybridized carbons (Fsp3) is 0.207. The van der Waals surface area contributed by atoms with E-state index >= 15 is 0 Å². The molecule has 0 atom stereocenters. The Labute approximate surface area is 204 Å². The standard InChI is InChI=1S/C29H28N2O4/c1-5-16-34-25-14-15-27-26(17-25)28(23-10-8-22(9-11-23)19(2)3)30-29(33)31(27)18-21-6-12-24(13-7-21)35-20(4)32/h5-15,17,19H,1,16,18H2,2-4H3. The number of aromatic nitrogens is 2. The summed E-state index contributed by atoms with van der Waals surface area (Å²) in [6.07, 6.45) is 1.69. The number of ether oxygens (including phenoxy) is 2. The van der Waals surface area contributed by atoms with Gasteiger partial charge in [0.2, 0.25) is 0 Å². The highest BCUT2D eigenvalue weighted by atomic mass is 16.5. The van der Waals surface area contributed by atoms with Gasteiger partial charge in [-0.2, -0.15) is 4.98 Å². The largest absolute Gasteiger partial charge is 0.490 e. The topological polar surface area (TPSA) is 70.4 Å². The lowest BCUT2D eigenvalue weighted by Gasteiger charge is -2.15. The molecule has 0 unspecified atom stereocenters. The van der Waals surface area contributed by atoms with E-state index in [-0.39, 0.29) is 11.7 Å². The Hall–Kier alpha value is -4.19. The summed E-state index contributed by atoms with van der Waals surface area (Å²) in [6, 6.07) is 20.9. The van der Waals surface area contributed by atoms with Gasteiger partial charge in [0, 0.05) is 17.9 Å². The van der Waals surface area contributed by atoms with Gasteiger partial charge < -0.3 is 9.47 Å². The van der Waals surface area contributed by atoms with Gasteiger partial charge in [-0.25, -0.2) is 4.79 Å². The molecule has 0 saturated heterocycles. The predicted octanol–water partition coefficient (Wildman–Crippen LogP) is 5.73. The monoisotopic (exact) mass is 468 g/mol. The Bertz CT molecular complexity index is 1420. The average Bonchev–Trinajstić information content (AvgIpc) is 2.85. The van der Waals surface area contributed by atoms with E-state index in [4.69, 9.17) is 9.47 Å². The molecule has 35 heavy (non-hydrogen) atoms. The Morgan fingerprint density at radius 2 is 1.71 bits per heavy atom. The predicted molar refractivity (Wildman–Crippen MR) is 138 cm³/mol. The van der Waals surface area contributed by atoms with Crippen LogP contribution in [0, 0.1) is 0 Å². The van der Waals surface area contributed by atoms with E-state index in [1.807, 2.05) is 42.5 Å². The molecule has 0 radical (unpaired) electrons. The number of hydrogen-bond donors (Lipinski definition) is 0. The van der Waals surface area contributed by atoms with Gasteiger partial charge in [0.25, 0.3) is 0 Å². The van der Waals surface area contributed by atoms with E-state index in [0.717, 1.165) is 22.0 Å². The lowest BCUT2D eigenvalue weighted by atomic mass is 9.99. The highest BCUT2D eigenvalue weighted by Crippen LogP contribution is 2.30. The number of carbonyl (C=O) groups is 1. The summed E-state index contributed by atoms with van der Waals surface area (Å²) in [7, 11) is 0. The van der Waals surface area contributed by atoms with Crippen LogP contribution in [0.3, 0.4) is 0 Å². The van der Waals surface area contributed by atoms with Gasteiger partial charge in [0.05, 0.1) is 17.8 Å². The number of rotatable bonds is 8. The second-order valence-electron chi connectivity index (χ2n) is 8.62. The summed E-state index contributed by atoms with van der Waals surface area (Å²) in [4.78, 5) is 28.9. The molecule has 0 saturated carbocycles. The van der Waals surface area contributed by atoms with Crippen molar-refractivity contribution in [2.24, 2.45) is 0 Å². The van der Waals surface area contributed by atoms with Crippen molar-refractivity contribution < 1.29 is 14.3 Å². The maximum Gasteiger partial charge on any atom is 0.348 e. The molecule has 0 N–H and O–H groups in total. The van der Waals surface area contributed by atoms with Gasteiger partial charge >= 0.3 is 11.7 Å². The van der Waals surface area contributed by atoms with E-state index in [1.165, 1.54) is 12.5 Å². The van der Waals surface area contributed by atoms with Crippen molar-refractivity contribution >= 4 is 16.9 Å². The average molecular weight is 469 g/mol. The van der Waals surface area contributed by atoms with E-state index in [2.05, 4.69) is 37.5 Å². The summed E-state index contributed by atoms with van der Waals surface area (Å²) in [5, 5.41) is 0.819. The minimum absolute atomic E-state index is 0.322. The number of esters is 1. The van der Waals surface area contributed by atoms with Gasteiger partial charge in [0.1, 0.15) is 18.1 Å². The number of fused-ring (bicyclic) bond motifs is 1. The maximum absolute atomic E-state index is 13.2. The first-order chi connectivity index (χ1) is 16.9. The minimum Gasteiger partial charge on any atom is -0.490 e. The number of nitrogens with zero attached hydrogens (tertiary/aromatic N) is 2. The van der Waals surface area contributed by atoms with Crippen LogP contribution in [-0.2, 0) is 11.3 Å². The quantitative estimate of drug-likeness (QED) is 0.188. The van der Waals surface area contributed by atoms with Crippen LogP contribution in [0.1, 0.15) is 37.8 Å². The van der Waals surface area contributed by atoms with Crippen LogP contribution in [0.2, 0.25) is 0 Å². The van der Waals surface area contributed by atoms with Crippen LogP contribution >= 0.6 is 0 Å². The van der Waals surface area contributed by atoms with Crippen LogP contribution in [0.5, 0.6) is 11.5 Å². The molecule has 0 aliphatic rings. The molecule has 1 aromatic heterocycles. The highest BCUT2D eigenvalue weighted by molar-refractivity contribution is 5.93. The molecule has 0 amide bonds. The zero-order valence-corrected chi connectivity index (χ0v) is 20.2. The first-order valence-corrected chi connectivity index (χ1v) is 11.5. The Balaban J connectivity index is 1.80. The van der Waals surface area contributed by atoms with Crippen molar-refractivity contribution in [1.29, 1.82) is 0 Å². The van der Waals surface area contributed by atoms with Crippen molar-refractivity contribution in [2.45, 2.75) is 33.2 Å². The van der Waals surface area contributed by atoms with Crippen LogP contribution in [0.15, 0.2) is 84.2 Å². The van der Waals surface area contributed by atoms with Crippen molar-refractivity contribution in [3.8, 4) is 22.8 Å². The van der Waals surface area contributed by atoms with E-state index < -0.39 is 0 Å². The van der Waals surface area contributed by atoms with Crippen molar-refractivity contribution in [2.75, 3.05) is 6.61 Å². The van der Waals surface area contributed by atoms with Gasteiger partial charge in [-0.3, -0.25) is 9.36 Å². The normalized spacial score (nSPS) is 11.0. The van der Waals surface area contributed by atoms with Crippen molar-refractivity contribution in [1.82, 2.24) is 9.55 Å². The molecule has 6 heteroatoms. The smallest absolute Gasteiger partial charge is 0.348 e. The third-order valence-electron chi connectivity index (χ3n) is 5.70. The molecule has 0 aliphatic carbocycles. The first kappa shape index (κ1) is 24.0. The Morgan fingerprint density at radius 1 is 1.03 bits per heavy atom. The van der Waals surface area contributed by atoms with E-state index in [9.17, 15) is 9.59 Å². The number of benzene rings is 3. The number of hydrogen-bond acceptors (Lipinski definition) is 5. The maximum atomic E-state index is 13.2. The lowest BCUT2D eigenvalue weighted by Crippen LogP contribution is -2.24. The summed E-state index contributed by atoms with van der Waals surface area (Å²) in [5.41, 5.74) is 4.00. The molecular weight excluding hydrogens is 440 g/mol. The first-order valence-electron chi connectivity index (χ1n) is 11.5. The molecule has 0 aliphatic heterocycles. The minimum atomic E-state index is -0.379. The zero-order chi connectivity index (χ0) is 24.9. The van der Waals surface area contributed by atoms with Crippen LogP contribution in [0.25, 0.3) is 22.2 Å². The second kappa shape index (κ2) is 10.4. The van der Waals surface area contributed by atoms with Crippen LogP contribution in [-0.4, -0.2) is 22.1 Å². The molecule has 4 aromatic rings. The van der Waals surface area contributed by atoms with Gasteiger partial charge in [-0.05, 0) is 47.4 Å². The number of carbonyl (C=O) groups excluding carboxylic acids is 1. The van der Waals surface area contributed by atoms with E-state index in [0.29, 0.717) is 36.3 Å². The Kier molecular flexibility index (Phi) is 7.11. The highest BCUT2D eigenvalue weighted by Gasteiger charge is 2.14. The van der Waals surface area contributed by atoms with Crippen molar-refractivity contribution in [3.05, 3.63) is 101 Å². The fourth-order valence-corrected chi connectivity index (χ4v) is 3.91. The van der Waals surface area contributed by atoms with Gasteiger partial charge in [-0.1, -0.05) is 62.9 Å². The van der Waals surface area contributed by atoms with E-state index in [1.54, 1.807) is 22.8 Å². The summed E-state index contributed by atoms with van der Waals surface area (Å²) in [6.45, 7) is 10.1. The lowest BCUT2D eigenvalue weighted by molar-refractivity contribution is -0.131. The van der Waals surface area contributed by atoms with Gasteiger partial charge in [0.15, 0.2) is 0 Å². The summed E-state index contributed by atoms with van der Waals surface area (Å²) in [5.74, 6) is 1.17. The fourth-order valence-electron chi connectivity index (χ4n) is 3.91. The molecule has 0 spiro atoms. The molecule has 6 nitrogen and oxygen atoms in total. The molecule has 3 aromatic carbocycles. The Morgan fingerprint density at radius 3 is 2.34 bits per heavy atom.